The number of rotatable bonds is 9. The van der Waals surface area contributed by atoms with E-state index in [4.69, 9.17) is 9.84 Å². The van der Waals surface area contributed by atoms with Crippen LogP contribution in [-0.2, 0) is 13.0 Å². The van der Waals surface area contributed by atoms with Gasteiger partial charge in [-0.2, -0.15) is 0 Å². The molecule has 0 aliphatic heterocycles. The summed E-state index contributed by atoms with van der Waals surface area (Å²) in [6.07, 6.45) is -0.442. The monoisotopic (exact) mass is 462 g/mol. The quantitative estimate of drug-likeness (QED) is 0.364. The molecule has 0 bridgehead atoms. The topological polar surface area (TPSA) is 97.6 Å². The molecular formula is C25H22N2O5S. The first kappa shape index (κ1) is 22.3. The van der Waals surface area contributed by atoms with Crippen molar-refractivity contribution in [1.29, 1.82) is 0 Å². The first-order chi connectivity index (χ1) is 16.0. The van der Waals surface area contributed by atoms with E-state index in [1.807, 2.05) is 48.5 Å². The number of ketones is 1. The van der Waals surface area contributed by atoms with Gasteiger partial charge in [-0.05, 0) is 42.3 Å². The lowest BCUT2D eigenvalue weighted by atomic mass is 10.0. The zero-order valence-electron chi connectivity index (χ0n) is 17.7. The molecule has 3 aromatic carbocycles. The van der Waals surface area contributed by atoms with Crippen molar-refractivity contribution < 1.29 is 19.4 Å². The number of amides is 1. The highest BCUT2D eigenvalue weighted by Crippen LogP contribution is 2.21. The molecule has 0 unspecified atom stereocenters. The fourth-order valence-electron chi connectivity index (χ4n) is 3.50. The van der Waals surface area contributed by atoms with E-state index in [0.29, 0.717) is 43.0 Å². The number of hydrogen-bond donors (Lipinski definition) is 2. The van der Waals surface area contributed by atoms with Gasteiger partial charge < -0.3 is 15.2 Å². The minimum Gasteiger partial charge on any atom is -0.492 e. The number of hydrogen-bond acceptors (Lipinski definition) is 5. The summed E-state index contributed by atoms with van der Waals surface area (Å²) in [5, 5.41) is 10.9. The lowest BCUT2D eigenvalue weighted by molar-refractivity contribution is 0.103. The van der Waals surface area contributed by atoms with Crippen LogP contribution in [-0.4, -0.2) is 34.7 Å². The Morgan fingerprint density at radius 1 is 0.970 bits per heavy atom. The zero-order chi connectivity index (χ0) is 23.2. The Balaban J connectivity index is 1.39. The molecule has 0 radical (unpaired) electrons. The molecule has 0 fully saturated rings. The highest BCUT2D eigenvalue weighted by atomic mass is 32.1. The van der Waals surface area contributed by atoms with Crippen LogP contribution in [0.2, 0.25) is 0 Å². The van der Waals surface area contributed by atoms with Gasteiger partial charge in [0, 0.05) is 17.7 Å². The van der Waals surface area contributed by atoms with Crippen molar-refractivity contribution >= 4 is 33.4 Å². The largest absolute Gasteiger partial charge is 0.492 e. The van der Waals surface area contributed by atoms with Crippen LogP contribution in [0.4, 0.5) is 4.79 Å². The Bertz CT molecular complexity index is 1330. The summed E-state index contributed by atoms with van der Waals surface area (Å²) in [4.78, 5) is 35.6. The molecule has 4 aromatic rings. The summed E-state index contributed by atoms with van der Waals surface area (Å²) in [6.45, 7) is 1.05. The number of nitrogens with one attached hydrogen (secondary N) is 1. The molecule has 0 atom stereocenters. The van der Waals surface area contributed by atoms with Crippen LogP contribution in [0.15, 0.2) is 77.6 Å². The molecule has 0 aliphatic carbocycles. The molecular weight excluding hydrogens is 440 g/mol. The number of carboxylic acid groups (broad SMARTS) is 1. The van der Waals surface area contributed by atoms with Crippen molar-refractivity contribution in [2.24, 2.45) is 0 Å². The molecule has 1 amide bonds. The smallest absolute Gasteiger partial charge is 0.404 e. The molecule has 168 valence electrons. The standard InChI is InChI=1S/C25H22N2O5S/c28-23(18-4-2-1-3-5-18)19-8-11-21-22(16-19)33-25(31)27(21)14-15-32-20-9-6-17(7-10-20)12-13-26-24(29)30/h1-11,16,26H,12-15H2,(H,29,30). The third-order valence-corrected chi connectivity index (χ3v) is 6.11. The van der Waals surface area contributed by atoms with E-state index in [1.54, 1.807) is 28.8 Å². The predicted molar refractivity (Wildman–Crippen MR) is 128 cm³/mol. The second-order valence-electron chi connectivity index (χ2n) is 7.37. The second kappa shape index (κ2) is 10.1. The van der Waals surface area contributed by atoms with Gasteiger partial charge in [0.05, 0.1) is 16.8 Å². The Kier molecular flexibility index (Phi) is 6.85. The number of carbonyl (C=O) groups is 2. The van der Waals surface area contributed by atoms with Crippen LogP contribution < -0.4 is 14.9 Å². The van der Waals surface area contributed by atoms with Crippen LogP contribution in [0.5, 0.6) is 5.75 Å². The lowest BCUT2D eigenvalue weighted by Crippen LogP contribution is -2.23. The van der Waals surface area contributed by atoms with Gasteiger partial charge >= 0.3 is 11.0 Å². The maximum atomic E-state index is 12.7. The van der Waals surface area contributed by atoms with Gasteiger partial charge in [0.2, 0.25) is 0 Å². The number of thiazole rings is 1. The summed E-state index contributed by atoms with van der Waals surface area (Å²) in [5.74, 6) is 0.601. The van der Waals surface area contributed by atoms with Crippen molar-refractivity contribution in [3.63, 3.8) is 0 Å². The molecule has 4 rings (SSSR count). The molecule has 8 heteroatoms. The Hall–Kier alpha value is -3.91. The number of ether oxygens (including phenoxy) is 1. The number of benzene rings is 3. The number of carbonyl (C=O) groups excluding carboxylic acids is 1. The SMILES string of the molecule is O=C(O)NCCc1ccc(OCCn2c(=O)sc3cc(C(=O)c4ccccc4)ccc32)cc1. The van der Waals surface area contributed by atoms with Crippen LogP contribution >= 0.6 is 11.3 Å². The minimum absolute atomic E-state index is 0.0737. The van der Waals surface area contributed by atoms with Gasteiger partial charge in [0.25, 0.3) is 0 Å². The summed E-state index contributed by atoms with van der Waals surface area (Å²) >= 11 is 1.12. The predicted octanol–water partition coefficient (Wildman–Crippen LogP) is 4.18. The van der Waals surface area contributed by atoms with Crippen molar-refractivity contribution in [2.45, 2.75) is 13.0 Å². The molecule has 33 heavy (non-hydrogen) atoms. The van der Waals surface area contributed by atoms with Crippen molar-refractivity contribution in [1.82, 2.24) is 9.88 Å². The Morgan fingerprint density at radius 3 is 2.45 bits per heavy atom. The Labute approximate surface area is 193 Å². The molecule has 0 saturated carbocycles. The number of aromatic nitrogens is 1. The summed E-state index contributed by atoms with van der Waals surface area (Å²) < 4.78 is 8.20. The van der Waals surface area contributed by atoms with Gasteiger partial charge in [-0.25, -0.2) is 4.79 Å². The average Bonchev–Trinajstić information content (AvgIpc) is 3.14. The molecule has 2 N–H and O–H groups in total. The maximum absolute atomic E-state index is 12.7. The van der Waals surface area contributed by atoms with Crippen LogP contribution in [0.25, 0.3) is 10.2 Å². The molecule has 1 heterocycles. The van der Waals surface area contributed by atoms with Crippen molar-refractivity contribution in [3.05, 3.63) is 99.2 Å². The molecule has 7 nitrogen and oxygen atoms in total. The number of fused-ring (bicyclic) bond motifs is 1. The molecule has 0 aliphatic rings. The molecule has 0 spiro atoms. The fourth-order valence-corrected chi connectivity index (χ4v) is 4.45. The van der Waals surface area contributed by atoms with Crippen molar-refractivity contribution in [3.8, 4) is 5.75 Å². The Morgan fingerprint density at radius 2 is 1.73 bits per heavy atom. The van der Waals surface area contributed by atoms with Crippen LogP contribution in [0.1, 0.15) is 21.5 Å². The van der Waals surface area contributed by atoms with Gasteiger partial charge in [-0.1, -0.05) is 53.8 Å². The van der Waals surface area contributed by atoms with Crippen LogP contribution in [0, 0.1) is 0 Å². The van der Waals surface area contributed by atoms with E-state index in [0.717, 1.165) is 27.1 Å². The van der Waals surface area contributed by atoms with Gasteiger partial charge in [-0.3, -0.25) is 14.2 Å². The summed E-state index contributed by atoms with van der Waals surface area (Å²) in [6, 6.07) is 21.8. The van der Waals surface area contributed by atoms with Crippen molar-refractivity contribution in [2.75, 3.05) is 13.2 Å². The molecule has 0 saturated heterocycles. The average molecular weight is 463 g/mol. The third kappa shape index (κ3) is 5.48. The van der Waals surface area contributed by atoms with Gasteiger partial charge in [0.1, 0.15) is 12.4 Å². The summed E-state index contributed by atoms with van der Waals surface area (Å²) in [5.41, 5.74) is 2.94. The zero-order valence-corrected chi connectivity index (χ0v) is 18.5. The first-order valence-electron chi connectivity index (χ1n) is 10.4. The lowest BCUT2D eigenvalue weighted by Gasteiger charge is -2.09. The highest BCUT2D eigenvalue weighted by molar-refractivity contribution is 7.16. The molecule has 1 aromatic heterocycles. The number of nitrogens with zero attached hydrogens (tertiary/aromatic N) is 1. The summed E-state index contributed by atoms with van der Waals surface area (Å²) in [7, 11) is 0. The van der Waals surface area contributed by atoms with Crippen LogP contribution in [0.3, 0.4) is 0 Å². The van der Waals surface area contributed by atoms with Gasteiger partial charge in [0.15, 0.2) is 5.78 Å². The van der Waals surface area contributed by atoms with E-state index < -0.39 is 6.09 Å². The van der Waals surface area contributed by atoms with E-state index in [-0.39, 0.29) is 10.7 Å². The van der Waals surface area contributed by atoms with E-state index in [1.165, 1.54) is 0 Å². The van der Waals surface area contributed by atoms with E-state index >= 15 is 0 Å². The normalized spacial score (nSPS) is 10.8. The first-order valence-corrected chi connectivity index (χ1v) is 11.2. The third-order valence-electron chi connectivity index (χ3n) is 5.16. The maximum Gasteiger partial charge on any atom is 0.404 e. The fraction of sp³-hybridized carbons (Fsp3) is 0.160. The minimum atomic E-state index is -1.04. The van der Waals surface area contributed by atoms with Gasteiger partial charge in [-0.15, -0.1) is 0 Å². The van der Waals surface area contributed by atoms with E-state index in [9.17, 15) is 14.4 Å². The van der Waals surface area contributed by atoms with E-state index in [2.05, 4.69) is 5.32 Å². The second-order valence-corrected chi connectivity index (χ2v) is 8.36. The highest BCUT2D eigenvalue weighted by Gasteiger charge is 2.13.